The summed E-state index contributed by atoms with van der Waals surface area (Å²) in [5.74, 6) is 0. The van der Waals surface area contributed by atoms with Crippen LogP contribution in [0.5, 0.6) is 0 Å². The second-order valence-corrected chi connectivity index (χ2v) is 3.93. The van der Waals surface area contributed by atoms with Gasteiger partial charge in [0.1, 0.15) is 0 Å². The first-order valence-electron chi connectivity index (χ1n) is 4.74. The fourth-order valence-corrected chi connectivity index (χ4v) is 2.22. The van der Waals surface area contributed by atoms with Gasteiger partial charge in [-0.1, -0.05) is 0 Å². The van der Waals surface area contributed by atoms with E-state index < -0.39 is 0 Å². The molecule has 0 N–H and O–H groups in total. The number of hydrogen-bond acceptors (Lipinski definition) is 2. The van der Waals surface area contributed by atoms with E-state index in [1.807, 2.05) is 0 Å². The van der Waals surface area contributed by atoms with Gasteiger partial charge in [0, 0.05) is 0 Å². The van der Waals surface area contributed by atoms with E-state index >= 15 is 0 Å². The number of rotatable bonds is 0. The smallest absolute Gasteiger partial charge is 0.0842 e. The molecule has 3 aliphatic rings. The SMILES string of the molecule is C1C[C@@H]2O[C@@H]2CC[C@H]2O[C@@H]2C1. The Morgan fingerprint density at radius 2 is 1.09 bits per heavy atom. The molecule has 0 radical (unpaired) electrons. The predicted octanol–water partition coefficient (Wildman–Crippen LogP) is 1.49. The van der Waals surface area contributed by atoms with Crippen LogP contribution in [0.15, 0.2) is 0 Å². The second kappa shape index (κ2) is 2.20. The van der Waals surface area contributed by atoms with Crippen LogP contribution in [0.25, 0.3) is 0 Å². The summed E-state index contributed by atoms with van der Waals surface area (Å²) in [6, 6.07) is 0. The van der Waals surface area contributed by atoms with E-state index in [1.54, 1.807) is 0 Å². The average Bonchev–Trinajstić information content (AvgIpc) is 2.85. The zero-order chi connectivity index (χ0) is 7.26. The molecule has 0 aromatic rings. The van der Waals surface area contributed by atoms with Crippen LogP contribution in [0.2, 0.25) is 0 Å². The maximum absolute atomic E-state index is 5.50. The van der Waals surface area contributed by atoms with Gasteiger partial charge >= 0.3 is 0 Å². The van der Waals surface area contributed by atoms with Gasteiger partial charge in [0.2, 0.25) is 0 Å². The summed E-state index contributed by atoms with van der Waals surface area (Å²) in [7, 11) is 0. The van der Waals surface area contributed by atoms with Crippen molar-refractivity contribution in [3.05, 3.63) is 0 Å². The molecule has 1 aliphatic carbocycles. The fraction of sp³-hybridized carbons (Fsp3) is 1.00. The predicted molar refractivity (Wildman–Crippen MR) is 40.4 cm³/mol. The van der Waals surface area contributed by atoms with Gasteiger partial charge in [-0.15, -0.1) is 0 Å². The van der Waals surface area contributed by atoms with Crippen molar-refractivity contribution in [3.8, 4) is 0 Å². The van der Waals surface area contributed by atoms with E-state index in [1.165, 1.54) is 32.1 Å². The molecule has 3 fully saturated rings. The lowest BCUT2D eigenvalue weighted by Gasteiger charge is -1.91. The molecular weight excluding hydrogens is 140 g/mol. The van der Waals surface area contributed by atoms with Crippen molar-refractivity contribution < 1.29 is 9.47 Å². The largest absolute Gasteiger partial charge is 0.370 e. The number of epoxide rings is 2. The van der Waals surface area contributed by atoms with E-state index in [4.69, 9.17) is 9.47 Å². The summed E-state index contributed by atoms with van der Waals surface area (Å²) < 4.78 is 11.0. The molecule has 4 atom stereocenters. The Morgan fingerprint density at radius 1 is 0.636 bits per heavy atom. The van der Waals surface area contributed by atoms with Crippen molar-refractivity contribution in [1.82, 2.24) is 0 Å². The standard InChI is InChI=1S/C9H14O2/c1-2-6-8(10-6)4-5-9-7(3-1)11-9/h6-9H,1-5H2/t6-,7+,8-,9-/m1/s1. The Morgan fingerprint density at radius 3 is 1.64 bits per heavy atom. The molecule has 0 aromatic heterocycles. The third-order valence-electron chi connectivity index (χ3n) is 3.09. The molecule has 0 aromatic carbocycles. The van der Waals surface area contributed by atoms with Gasteiger partial charge in [-0.2, -0.15) is 0 Å². The quantitative estimate of drug-likeness (QED) is 0.494. The highest BCUT2D eigenvalue weighted by atomic mass is 16.6. The van der Waals surface area contributed by atoms with Gasteiger partial charge in [-0.3, -0.25) is 0 Å². The molecule has 2 heterocycles. The normalized spacial score (nSPS) is 54.5. The van der Waals surface area contributed by atoms with Crippen LogP contribution in [-0.4, -0.2) is 24.4 Å². The molecule has 1 saturated carbocycles. The van der Waals surface area contributed by atoms with Gasteiger partial charge in [-0.05, 0) is 32.1 Å². The summed E-state index contributed by atoms with van der Waals surface area (Å²) in [5, 5.41) is 0. The average molecular weight is 154 g/mol. The summed E-state index contributed by atoms with van der Waals surface area (Å²) in [4.78, 5) is 0. The molecule has 0 bridgehead atoms. The van der Waals surface area contributed by atoms with Crippen LogP contribution in [-0.2, 0) is 9.47 Å². The van der Waals surface area contributed by atoms with Crippen LogP contribution in [0.4, 0.5) is 0 Å². The van der Waals surface area contributed by atoms with Crippen LogP contribution >= 0.6 is 0 Å². The number of fused-ring (bicyclic) bond motifs is 2. The minimum absolute atomic E-state index is 0.609. The fourth-order valence-electron chi connectivity index (χ4n) is 2.22. The summed E-state index contributed by atoms with van der Waals surface area (Å²) in [6.45, 7) is 0. The second-order valence-electron chi connectivity index (χ2n) is 3.93. The molecule has 11 heavy (non-hydrogen) atoms. The van der Waals surface area contributed by atoms with Gasteiger partial charge in [-0.25, -0.2) is 0 Å². The van der Waals surface area contributed by atoms with E-state index in [0.29, 0.717) is 24.4 Å². The Kier molecular flexibility index (Phi) is 1.29. The lowest BCUT2D eigenvalue weighted by molar-refractivity contribution is 0.339. The third kappa shape index (κ3) is 1.18. The van der Waals surface area contributed by atoms with E-state index in [0.717, 1.165) is 0 Å². The van der Waals surface area contributed by atoms with Gasteiger partial charge in [0.15, 0.2) is 0 Å². The Balaban J connectivity index is 1.62. The molecule has 2 aliphatic heterocycles. The van der Waals surface area contributed by atoms with Crippen molar-refractivity contribution in [2.24, 2.45) is 0 Å². The first kappa shape index (κ1) is 6.44. The van der Waals surface area contributed by atoms with Crippen LogP contribution < -0.4 is 0 Å². The minimum atomic E-state index is 0.609. The van der Waals surface area contributed by atoms with Crippen molar-refractivity contribution in [1.29, 1.82) is 0 Å². The number of ether oxygens (including phenoxy) is 2. The van der Waals surface area contributed by atoms with Crippen molar-refractivity contribution in [2.45, 2.75) is 56.5 Å². The molecule has 3 rings (SSSR count). The zero-order valence-corrected chi connectivity index (χ0v) is 6.66. The minimum Gasteiger partial charge on any atom is -0.370 e. The van der Waals surface area contributed by atoms with Crippen molar-refractivity contribution in [3.63, 3.8) is 0 Å². The summed E-state index contributed by atoms with van der Waals surface area (Å²) in [6.07, 6.45) is 8.82. The Labute approximate surface area is 66.9 Å². The van der Waals surface area contributed by atoms with Gasteiger partial charge in [0.05, 0.1) is 24.4 Å². The molecule has 2 saturated heterocycles. The van der Waals surface area contributed by atoms with Crippen LogP contribution in [0.1, 0.15) is 32.1 Å². The molecule has 2 nitrogen and oxygen atoms in total. The summed E-state index contributed by atoms with van der Waals surface area (Å²) >= 11 is 0. The van der Waals surface area contributed by atoms with E-state index in [2.05, 4.69) is 0 Å². The molecular formula is C9H14O2. The van der Waals surface area contributed by atoms with Crippen molar-refractivity contribution >= 4 is 0 Å². The summed E-state index contributed by atoms with van der Waals surface area (Å²) in [5.41, 5.74) is 0. The highest BCUT2D eigenvalue weighted by Crippen LogP contribution is 2.39. The lowest BCUT2D eigenvalue weighted by Crippen LogP contribution is -1.95. The third-order valence-corrected chi connectivity index (χ3v) is 3.09. The molecule has 0 spiro atoms. The van der Waals surface area contributed by atoms with Crippen molar-refractivity contribution in [2.75, 3.05) is 0 Å². The molecule has 2 heteroatoms. The van der Waals surface area contributed by atoms with E-state index in [9.17, 15) is 0 Å². The van der Waals surface area contributed by atoms with Crippen LogP contribution in [0.3, 0.4) is 0 Å². The lowest BCUT2D eigenvalue weighted by atomic mass is 10.1. The maximum Gasteiger partial charge on any atom is 0.0842 e. The highest BCUT2D eigenvalue weighted by molar-refractivity contribution is 4.93. The first-order chi connectivity index (χ1) is 5.43. The van der Waals surface area contributed by atoms with Gasteiger partial charge < -0.3 is 9.47 Å². The molecule has 0 amide bonds. The Bertz CT molecular complexity index is 151. The van der Waals surface area contributed by atoms with Gasteiger partial charge in [0.25, 0.3) is 0 Å². The topological polar surface area (TPSA) is 25.1 Å². The van der Waals surface area contributed by atoms with Crippen LogP contribution in [0, 0.1) is 0 Å². The first-order valence-corrected chi connectivity index (χ1v) is 4.74. The highest BCUT2D eigenvalue weighted by Gasteiger charge is 2.45. The number of hydrogen-bond donors (Lipinski definition) is 0. The monoisotopic (exact) mass is 154 g/mol. The maximum atomic E-state index is 5.50. The van der Waals surface area contributed by atoms with E-state index in [-0.39, 0.29) is 0 Å². The zero-order valence-electron chi connectivity index (χ0n) is 6.66. The molecule has 0 unspecified atom stereocenters. The Hall–Kier alpha value is -0.0800. The molecule has 62 valence electrons.